The van der Waals surface area contributed by atoms with Crippen LogP contribution in [0.3, 0.4) is 0 Å². The van der Waals surface area contributed by atoms with Gasteiger partial charge in [0.25, 0.3) is 5.91 Å². The molecule has 0 saturated heterocycles. The van der Waals surface area contributed by atoms with Crippen molar-refractivity contribution in [3.8, 4) is 16.9 Å². The fourth-order valence-electron chi connectivity index (χ4n) is 2.90. The summed E-state index contributed by atoms with van der Waals surface area (Å²) in [6, 6.07) is 9.61. The number of aromatic nitrogens is 2. The van der Waals surface area contributed by atoms with Gasteiger partial charge in [-0.2, -0.15) is 4.39 Å². The van der Waals surface area contributed by atoms with Gasteiger partial charge in [0.15, 0.2) is 0 Å². The van der Waals surface area contributed by atoms with E-state index in [1.54, 1.807) is 13.1 Å². The number of hydrogen-bond acceptors (Lipinski definition) is 6. The smallest absolute Gasteiger partial charge is 0.420 e. The molecule has 0 spiro atoms. The van der Waals surface area contributed by atoms with Crippen LogP contribution in [0.2, 0.25) is 0 Å². The van der Waals surface area contributed by atoms with Crippen LogP contribution < -0.4 is 15.4 Å². The van der Waals surface area contributed by atoms with Crippen molar-refractivity contribution in [2.45, 2.75) is 5.57 Å². The lowest BCUT2D eigenvalue weighted by Crippen LogP contribution is -2.16. The molecule has 0 aliphatic heterocycles. The second-order valence-corrected chi connectivity index (χ2v) is 6.93. The number of amides is 1. The fourth-order valence-corrected chi connectivity index (χ4v) is 2.99. The van der Waals surface area contributed by atoms with Crippen LogP contribution in [-0.4, -0.2) is 34.7 Å². The van der Waals surface area contributed by atoms with Crippen molar-refractivity contribution >= 4 is 35.1 Å². The molecule has 3 rings (SSSR count). The Morgan fingerprint density at radius 2 is 1.91 bits per heavy atom. The molecule has 0 atom stereocenters. The second-order valence-electron chi connectivity index (χ2n) is 6.49. The summed E-state index contributed by atoms with van der Waals surface area (Å²) in [6.45, 7) is 0. The lowest BCUT2D eigenvalue weighted by molar-refractivity contribution is -0.0964. The number of halogens is 4. The highest BCUT2D eigenvalue weighted by Crippen LogP contribution is 2.29. The average Bonchev–Trinajstić information content (AvgIpc) is 2.78. The molecule has 3 aromatic rings. The third-order valence-electron chi connectivity index (χ3n) is 4.32. The van der Waals surface area contributed by atoms with Gasteiger partial charge in [0.2, 0.25) is 5.95 Å². The molecule has 11 heteroatoms. The largest absolute Gasteiger partial charge is 0.487 e. The molecule has 0 unspecified atom stereocenters. The topological polar surface area (TPSA) is 100.0 Å². The molecule has 0 fully saturated rings. The van der Waals surface area contributed by atoms with Crippen LogP contribution in [0, 0.1) is 11.4 Å². The Morgan fingerprint density at radius 1 is 1.18 bits per heavy atom. The average molecular weight is 476 g/mol. The number of nitrogens with one attached hydrogen (secondary N) is 3. The molecule has 0 radical (unpaired) electrons. The second kappa shape index (κ2) is 10.1. The summed E-state index contributed by atoms with van der Waals surface area (Å²) in [6.07, 6.45) is 5.07. The maximum Gasteiger partial charge on any atom is 0.487 e. The Bertz CT molecular complexity index is 1200. The number of rotatable bonds is 8. The lowest BCUT2D eigenvalue weighted by atomic mass is 10.0. The first-order valence-electron chi connectivity index (χ1n) is 9.39. The predicted molar refractivity (Wildman–Crippen MR) is 119 cm³/mol. The minimum atomic E-state index is -3.85. The van der Waals surface area contributed by atoms with Crippen molar-refractivity contribution in [2.75, 3.05) is 12.4 Å². The van der Waals surface area contributed by atoms with Gasteiger partial charge in [0, 0.05) is 54.1 Å². The van der Waals surface area contributed by atoms with E-state index in [9.17, 15) is 18.0 Å². The summed E-state index contributed by atoms with van der Waals surface area (Å²) in [7, 11) is 1.62. The number of nitrogens with zero attached hydrogens (tertiary/aromatic N) is 2. The van der Waals surface area contributed by atoms with Crippen molar-refractivity contribution in [1.82, 2.24) is 15.3 Å². The summed E-state index contributed by atoms with van der Waals surface area (Å²) in [5, 5.41) is 12.8. The van der Waals surface area contributed by atoms with Crippen molar-refractivity contribution in [1.29, 1.82) is 5.41 Å². The fraction of sp³-hybridized carbons (Fsp3) is 0.0909. The van der Waals surface area contributed by atoms with E-state index in [-0.39, 0.29) is 22.4 Å². The van der Waals surface area contributed by atoms with Crippen molar-refractivity contribution in [3.05, 3.63) is 78.1 Å². The Balaban J connectivity index is 1.94. The quantitative estimate of drug-likeness (QED) is 0.244. The molecular formula is C22H17ClF3N5O2. The number of pyridine rings is 2. The van der Waals surface area contributed by atoms with E-state index < -0.39 is 17.4 Å². The molecule has 33 heavy (non-hydrogen) atoms. The molecule has 2 aromatic heterocycles. The van der Waals surface area contributed by atoms with Gasteiger partial charge in [-0.25, -0.2) is 4.98 Å². The Morgan fingerprint density at radius 3 is 2.52 bits per heavy atom. The van der Waals surface area contributed by atoms with Crippen LogP contribution in [0.1, 0.15) is 16.1 Å². The zero-order valence-corrected chi connectivity index (χ0v) is 17.8. The van der Waals surface area contributed by atoms with Crippen LogP contribution in [0.4, 0.5) is 18.9 Å². The van der Waals surface area contributed by atoms with E-state index in [2.05, 4.69) is 25.3 Å². The first-order chi connectivity index (χ1) is 15.7. The van der Waals surface area contributed by atoms with Gasteiger partial charge in [-0.05, 0) is 48.5 Å². The summed E-state index contributed by atoms with van der Waals surface area (Å²) >= 11 is 4.73. The molecule has 2 heterocycles. The molecule has 7 nitrogen and oxygen atoms in total. The van der Waals surface area contributed by atoms with Gasteiger partial charge < -0.3 is 20.8 Å². The van der Waals surface area contributed by atoms with Crippen LogP contribution in [0.25, 0.3) is 16.8 Å². The molecular weight excluding hydrogens is 459 g/mol. The van der Waals surface area contributed by atoms with Gasteiger partial charge in [-0.3, -0.25) is 9.78 Å². The first kappa shape index (κ1) is 23.7. The van der Waals surface area contributed by atoms with E-state index in [4.69, 9.17) is 17.0 Å². The van der Waals surface area contributed by atoms with E-state index in [1.807, 2.05) is 0 Å². The van der Waals surface area contributed by atoms with Gasteiger partial charge in [0.05, 0.1) is 17.0 Å². The molecule has 1 aromatic carbocycles. The normalized spacial score (nSPS) is 11.6. The standard InChI is InChI=1S/C22H17ClF3N5O2/c1-28-18(8-9-27)19-17(16-3-2-10-29-20(16)24)11-13(12-30-19)21(32)31-14-4-6-15(7-5-14)33-22(23,25)26/h2-12,27-28H,1H3,(H,31,32)/b18-8-,27-9?. The maximum absolute atomic E-state index is 14.4. The third-order valence-corrected chi connectivity index (χ3v) is 4.40. The minimum Gasteiger partial charge on any atom is -0.420 e. The first-order valence-corrected chi connectivity index (χ1v) is 9.76. The highest BCUT2D eigenvalue weighted by molar-refractivity contribution is 6.20. The number of carbonyl (C=O) groups is 1. The van der Waals surface area contributed by atoms with Crippen LogP contribution >= 0.6 is 11.6 Å². The predicted octanol–water partition coefficient (Wildman–Crippen LogP) is 4.91. The number of allylic oxidation sites excluding steroid dienone is 1. The van der Waals surface area contributed by atoms with Crippen LogP contribution in [0.15, 0.2) is 60.9 Å². The summed E-state index contributed by atoms with van der Waals surface area (Å²) in [5.74, 6) is -1.51. The van der Waals surface area contributed by atoms with E-state index >= 15 is 0 Å². The van der Waals surface area contributed by atoms with E-state index in [0.717, 1.165) is 6.21 Å². The molecule has 0 saturated carbocycles. The third kappa shape index (κ3) is 6.07. The minimum absolute atomic E-state index is 0.106. The van der Waals surface area contributed by atoms with E-state index in [0.29, 0.717) is 17.1 Å². The monoisotopic (exact) mass is 475 g/mol. The summed E-state index contributed by atoms with van der Waals surface area (Å²) in [5.41, 5.74) is -2.31. The van der Waals surface area contributed by atoms with Crippen LogP contribution in [0.5, 0.6) is 5.75 Å². The summed E-state index contributed by atoms with van der Waals surface area (Å²) < 4.78 is 44.1. The number of benzene rings is 1. The SMILES string of the molecule is CN/C(=C\C=N)c1ncc(C(=O)Nc2ccc(OC(F)(F)Cl)cc2)cc1-c1cccnc1F. The van der Waals surface area contributed by atoms with Crippen molar-refractivity contribution < 1.29 is 22.7 Å². The molecule has 0 bridgehead atoms. The van der Waals surface area contributed by atoms with Crippen molar-refractivity contribution in [2.24, 2.45) is 0 Å². The highest BCUT2D eigenvalue weighted by atomic mass is 35.5. The van der Waals surface area contributed by atoms with E-state index in [1.165, 1.54) is 54.9 Å². The number of alkyl halides is 3. The van der Waals surface area contributed by atoms with Gasteiger partial charge in [0.1, 0.15) is 5.75 Å². The number of anilines is 1. The van der Waals surface area contributed by atoms with Gasteiger partial charge in [-0.15, -0.1) is 8.78 Å². The van der Waals surface area contributed by atoms with Gasteiger partial charge >= 0.3 is 5.57 Å². The number of hydrogen-bond donors (Lipinski definition) is 3. The van der Waals surface area contributed by atoms with Gasteiger partial charge in [-0.1, -0.05) is 0 Å². The summed E-state index contributed by atoms with van der Waals surface area (Å²) in [4.78, 5) is 20.7. The van der Waals surface area contributed by atoms with Crippen molar-refractivity contribution in [3.63, 3.8) is 0 Å². The number of ether oxygens (including phenoxy) is 1. The molecule has 0 aliphatic carbocycles. The lowest BCUT2D eigenvalue weighted by Gasteiger charge is -2.14. The zero-order valence-electron chi connectivity index (χ0n) is 17.1. The Hall–Kier alpha value is -3.92. The zero-order chi connectivity index (χ0) is 24.0. The molecule has 1 amide bonds. The highest BCUT2D eigenvalue weighted by Gasteiger charge is 2.27. The molecule has 3 N–H and O–H groups in total. The Kier molecular flexibility index (Phi) is 7.29. The maximum atomic E-state index is 14.4. The Labute approximate surface area is 191 Å². The van der Waals surface area contributed by atoms with Crippen LogP contribution in [-0.2, 0) is 0 Å². The number of carbonyl (C=O) groups excluding carboxylic acids is 1. The molecule has 0 aliphatic rings. The molecule has 170 valence electrons.